The second-order valence-electron chi connectivity index (χ2n) is 28.5. The molecular weight excluding hydrogens is 1330 g/mol. The Labute approximate surface area is 626 Å². The highest BCUT2D eigenvalue weighted by Gasteiger charge is 2.36. The molecule has 10 heteroatoms. The molecule has 0 aliphatic heterocycles. The number of rotatable bonds is 10. The summed E-state index contributed by atoms with van der Waals surface area (Å²) in [4.78, 5) is 29.7. The van der Waals surface area contributed by atoms with Crippen molar-refractivity contribution in [2.45, 2.75) is 19.3 Å². The first-order valence-corrected chi connectivity index (χ1v) is 36.8. The Balaban J connectivity index is 0.000000139. The Morgan fingerprint density at radius 3 is 1.04 bits per heavy atom. The SMILES string of the molecule is CC1(C)c2ccccc2-c2ccc(-n3c4ccccc4c4ccc5c6ccc(-c7nc(-c8ccccc8)nc(-c8ccccc8)n7)cc6oc5c43)cc21.c1ccc(-c2cccc(-c3ccc(-n4c5ccccc5c5ccc6c7ccc(-c8nc(-c9ccccc9)nc(-c9ccccc9)n8)cc7oc6c54)cc3)c2)cc1. The molecule has 1 aliphatic carbocycles. The van der Waals surface area contributed by atoms with Gasteiger partial charge < -0.3 is 18.0 Å². The lowest BCUT2D eigenvalue weighted by Crippen LogP contribution is -2.15. The predicted molar refractivity (Wildman–Crippen MR) is 444 cm³/mol. The first kappa shape index (κ1) is 63.0. The van der Waals surface area contributed by atoms with Gasteiger partial charge >= 0.3 is 0 Å². The van der Waals surface area contributed by atoms with Gasteiger partial charge in [0.1, 0.15) is 11.2 Å². The first-order chi connectivity index (χ1) is 53.8. The lowest BCUT2D eigenvalue weighted by atomic mass is 9.82. The molecule has 109 heavy (non-hydrogen) atoms. The summed E-state index contributed by atoms with van der Waals surface area (Å²) in [5, 5.41) is 8.89. The van der Waals surface area contributed by atoms with Gasteiger partial charge in [-0.1, -0.05) is 287 Å². The van der Waals surface area contributed by atoms with Crippen LogP contribution in [0.2, 0.25) is 0 Å². The van der Waals surface area contributed by atoms with Crippen molar-refractivity contribution in [1.29, 1.82) is 0 Å². The molecule has 0 atom stereocenters. The monoisotopic (exact) mass is 1400 g/mol. The highest BCUT2D eigenvalue weighted by atomic mass is 16.3. The smallest absolute Gasteiger partial charge is 0.164 e. The molecule has 10 nitrogen and oxygen atoms in total. The summed E-state index contributed by atoms with van der Waals surface area (Å²) in [6.07, 6.45) is 0. The van der Waals surface area contributed by atoms with E-state index in [0.29, 0.717) is 34.9 Å². The van der Waals surface area contributed by atoms with Crippen LogP contribution >= 0.6 is 0 Å². The summed E-state index contributed by atoms with van der Waals surface area (Å²) in [6.45, 7) is 4.67. The van der Waals surface area contributed by atoms with Gasteiger partial charge in [0.2, 0.25) is 0 Å². The third-order valence-electron chi connectivity index (χ3n) is 21.7. The molecule has 22 rings (SSSR count). The molecule has 512 valence electrons. The number of furan rings is 2. The van der Waals surface area contributed by atoms with Crippen molar-refractivity contribution in [2.75, 3.05) is 0 Å². The molecule has 0 saturated carbocycles. The summed E-state index contributed by atoms with van der Waals surface area (Å²) in [5.41, 5.74) is 25.3. The molecule has 0 fully saturated rings. The second-order valence-corrected chi connectivity index (χ2v) is 28.5. The van der Waals surface area contributed by atoms with Crippen molar-refractivity contribution in [3.8, 4) is 113 Å². The predicted octanol–water partition coefficient (Wildman–Crippen LogP) is 25.4. The van der Waals surface area contributed by atoms with E-state index < -0.39 is 0 Å². The molecule has 6 heterocycles. The van der Waals surface area contributed by atoms with Crippen molar-refractivity contribution in [3.05, 3.63) is 363 Å². The van der Waals surface area contributed by atoms with Gasteiger partial charge in [-0.05, 0) is 123 Å². The normalized spacial score (nSPS) is 12.4. The molecule has 21 aromatic rings. The van der Waals surface area contributed by atoms with Crippen LogP contribution in [0, 0.1) is 0 Å². The molecule has 0 unspecified atom stereocenters. The maximum absolute atomic E-state index is 6.94. The van der Waals surface area contributed by atoms with Crippen LogP contribution in [0.5, 0.6) is 0 Å². The van der Waals surface area contributed by atoms with Gasteiger partial charge in [-0.25, -0.2) is 29.9 Å². The molecule has 6 aromatic heterocycles. The summed E-state index contributed by atoms with van der Waals surface area (Å²) < 4.78 is 18.6. The Kier molecular flexibility index (Phi) is 14.7. The summed E-state index contributed by atoms with van der Waals surface area (Å²) in [7, 11) is 0. The van der Waals surface area contributed by atoms with E-state index in [9.17, 15) is 0 Å². The van der Waals surface area contributed by atoms with Crippen LogP contribution in [-0.4, -0.2) is 39.0 Å². The van der Waals surface area contributed by atoms with Gasteiger partial charge in [0.25, 0.3) is 0 Å². The highest BCUT2D eigenvalue weighted by Crippen LogP contribution is 2.51. The van der Waals surface area contributed by atoms with E-state index in [1.807, 2.05) is 121 Å². The molecule has 0 N–H and O–H groups in total. The fourth-order valence-corrected chi connectivity index (χ4v) is 16.4. The number of fused-ring (bicyclic) bond motifs is 17. The minimum absolute atomic E-state index is 0.110. The zero-order valence-electron chi connectivity index (χ0n) is 59.4. The fraction of sp³-hybridized carbons (Fsp3) is 0.0303. The van der Waals surface area contributed by atoms with Crippen LogP contribution in [0.4, 0.5) is 0 Å². The van der Waals surface area contributed by atoms with Crippen LogP contribution < -0.4 is 0 Å². The molecule has 0 amide bonds. The van der Waals surface area contributed by atoms with Crippen molar-refractivity contribution in [1.82, 2.24) is 39.0 Å². The van der Waals surface area contributed by atoms with Crippen molar-refractivity contribution >= 4 is 87.5 Å². The first-order valence-electron chi connectivity index (χ1n) is 36.8. The van der Waals surface area contributed by atoms with Gasteiger partial charge in [-0.2, -0.15) is 0 Å². The van der Waals surface area contributed by atoms with Gasteiger partial charge in [0.05, 0.1) is 22.1 Å². The van der Waals surface area contributed by atoms with E-state index in [0.717, 1.165) is 127 Å². The summed E-state index contributed by atoms with van der Waals surface area (Å²) in [5.74, 6) is 3.70. The third kappa shape index (κ3) is 10.6. The van der Waals surface area contributed by atoms with Crippen LogP contribution in [0.25, 0.3) is 201 Å². The average Bonchev–Trinajstić information content (AvgIpc) is 1.55. The number of nitrogens with zero attached hydrogens (tertiary/aromatic N) is 8. The third-order valence-corrected chi connectivity index (χ3v) is 21.7. The molecule has 0 radical (unpaired) electrons. The van der Waals surface area contributed by atoms with E-state index in [1.54, 1.807) is 0 Å². The van der Waals surface area contributed by atoms with E-state index >= 15 is 0 Å². The number of hydrogen-bond acceptors (Lipinski definition) is 8. The molecule has 0 saturated heterocycles. The van der Waals surface area contributed by atoms with Crippen LogP contribution in [0.15, 0.2) is 361 Å². The average molecular weight is 1400 g/mol. The van der Waals surface area contributed by atoms with Crippen molar-refractivity contribution in [2.24, 2.45) is 0 Å². The largest absolute Gasteiger partial charge is 0.454 e. The maximum atomic E-state index is 6.94. The van der Waals surface area contributed by atoms with Crippen LogP contribution in [0.3, 0.4) is 0 Å². The molecule has 0 bridgehead atoms. The van der Waals surface area contributed by atoms with E-state index in [4.69, 9.17) is 38.7 Å². The zero-order valence-corrected chi connectivity index (χ0v) is 59.4. The van der Waals surface area contributed by atoms with E-state index in [1.165, 1.54) is 49.7 Å². The standard InChI is InChI=1S/C51H32N4O.C48H32N4O/c1-4-13-33(14-5-1)37-19-12-20-38(31-37)34-23-26-40(27-24-34)55-45-22-11-10-21-41(45)43-29-30-44-42-28-25-39(32-46(42)56-48(44)47(43)55)51-53-49(35-15-6-2-7-16-35)52-50(54-51)36-17-8-3-9-18-36;1-48(2)39-19-11-9-17-33(39)34-24-22-32(28-40(34)48)52-41-20-12-10-18-35(41)37-25-26-38-36-23-21-31(27-42(36)53-44(38)43(37)52)47-50-45(29-13-5-3-6-14-29)49-46(51-47)30-15-7-4-8-16-30/h1-32H;3-28H,1-2H3. The van der Waals surface area contributed by atoms with Crippen molar-refractivity contribution < 1.29 is 8.83 Å². The minimum atomic E-state index is -0.110. The van der Waals surface area contributed by atoms with E-state index in [-0.39, 0.29) is 5.41 Å². The van der Waals surface area contributed by atoms with Gasteiger partial charge in [0.15, 0.2) is 46.1 Å². The number of para-hydroxylation sites is 2. The number of hydrogen-bond donors (Lipinski definition) is 0. The highest BCUT2D eigenvalue weighted by molar-refractivity contribution is 6.23. The Hall–Kier alpha value is -14.5. The zero-order chi connectivity index (χ0) is 72.3. The minimum Gasteiger partial charge on any atom is -0.454 e. The summed E-state index contributed by atoms with van der Waals surface area (Å²) >= 11 is 0. The van der Waals surface area contributed by atoms with Gasteiger partial charge in [-0.15, -0.1) is 0 Å². The lowest BCUT2D eigenvalue weighted by Gasteiger charge is -2.22. The van der Waals surface area contributed by atoms with E-state index in [2.05, 4.69) is 254 Å². The number of benzene rings is 15. The topological polar surface area (TPSA) is 113 Å². The Morgan fingerprint density at radius 1 is 0.229 bits per heavy atom. The van der Waals surface area contributed by atoms with Gasteiger partial charge in [0, 0.05) is 93.3 Å². The molecule has 15 aromatic carbocycles. The fourth-order valence-electron chi connectivity index (χ4n) is 16.4. The molecule has 1 aliphatic rings. The number of aromatic nitrogens is 8. The second kappa shape index (κ2) is 25.4. The molecular formula is C99H64N8O2. The van der Waals surface area contributed by atoms with Gasteiger partial charge in [-0.3, -0.25) is 0 Å². The lowest BCUT2D eigenvalue weighted by molar-refractivity contribution is 0.660. The van der Waals surface area contributed by atoms with Crippen LogP contribution in [-0.2, 0) is 5.41 Å². The quantitative estimate of drug-likeness (QED) is 0.133. The Bertz CT molecular complexity index is 7050. The van der Waals surface area contributed by atoms with Crippen LogP contribution in [0.1, 0.15) is 25.0 Å². The molecule has 0 spiro atoms. The summed E-state index contributed by atoms with van der Waals surface area (Å²) in [6, 6.07) is 123. The van der Waals surface area contributed by atoms with Crippen molar-refractivity contribution in [3.63, 3.8) is 0 Å². The maximum Gasteiger partial charge on any atom is 0.164 e. The Morgan fingerprint density at radius 2 is 0.569 bits per heavy atom.